The Balaban J connectivity index is 1.56. The first kappa shape index (κ1) is 22.0. The summed E-state index contributed by atoms with van der Waals surface area (Å²) in [5.74, 6) is 0.454. The highest BCUT2D eigenvalue weighted by atomic mass is 16.2. The predicted molar refractivity (Wildman–Crippen MR) is 127 cm³/mol. The van der Waals surface area contributed by atoms with Gasteiger partial charge in [0.2, 0.25) is 5.91 Å². The summed E-state index contributed by atoms with van der Waals surface area (Å²) >= 11 is 0. The smallest absolute Gasteiger partial charge is 0.258 e. The first-order chi connectivity index (χ1) is 15.4. The standard InChI is InChI=1S/C26H30N4O2/c1-4-24-27-22-12-13-29(15-20-8-6-5-7-9-20)16-21(22)26(32)30(24)17-25(31)28-23-14-18(2)10-11-19(23)3/h5-11,14H,4,12-13,15-17H2,1-3H3,(H,28,31). The molecule has 0 saturated heterocycles. The Kier molecular flexibility index (Phi) is 6.51. The van der Waals surface area contributed by atoms with Crippen LogP contribution in [0.3, 0.4) is 0 Å². The third-order valence-corrected chi connectivity index (χ3v) is 6.01. The number of nitrogens with one attached hydrogen (secondary N) is 1. The van der Waals surface area contributed by atoms with E-state index in [4.69, 9.17) is 4.98 Å². The second-order valence-corrected chi connectivity index (χ2v) is 8.51. The third-order valence-electron chi connectivity index (χ3n) is 6.01. The number of aryl methyl sites for hydroxylation is 3. The molecule has 0 saturated carbocycles. The minimum Gasteiger partial charge on any atom is -0.324 e. The first-order valence-corrected chi connectivity index (χ1v) is 11.2. The van der Waals surface area contributed by atoms with Gasteiger partial charge in [0.25, 0.3) is 5.56 Å². The molecule has 1 aliphatic rings. The number of aromatic nitrogens is 2. The van der Waals surface area contributed by atoms with Crippen LogP contribution >= 0.6 is 0 Å². The summed E-state index contributed by atoms with van der Waals surface area (Å²) in [6, 6.07) is 16.2. The number of fused-ring (bicyclic) bond motifs is 1. The van der Waals surface area contributed by atoms with E-state index in [1.54, 1.807) is 4.57 Å². The fraction of sp³-hybridized carbons (Fsp3) is 0.346. The van der Waals surface area contributed by atoms with Gasteiger partial charge in [-0.2, -0.15) is 0 Å². The maximum Gasteiger partial charge on any atom is 0.258 e. The van der Waals surface area contributed by atoms with Gasteiger partial charge in [0, 0.05) is 38.2 Å². The summed E-state index contributed by atoms with van der Waals surface area (Å²) < 4.78 is 1.55. The van der Waals surface area contributed by atoms with Gasteiger partial charge in [0.1, 0.15) is 12.4 Å². The normalized spacial score (nSPS) is 13.6. The number of anilines is 1. The van der Waals surface area contributed by atoms with Gasteiger partial charge in [-0.3, -0.25) is 19.1 Å². The van der Waals surface area contributed by atoms with Crippen molar-refractivity contribution in [1.82, 2.24) is 14.5 Å². The van der Waals surface area contributed by atoms with Crippen molar-refractivity contribution in [3.8, 4) is 0 Å². The van der Waals surface area contributed by atoms with E-state index in [0.29, 0.717) is 24.4 Å². The molecule has 1 aliphatic heterocycles. The van der Waals surface area contributed by atoms with Gasteiger partial charge in [0.15, 0.2) is 0 Å². The van der Waals surface area contributed by atoms with Crippen LogP contribution in [-0.2, 0) is 37.3 Å². The highest BCUT2D eigenvalue weighted by molar-refractivity contribution is 5.91. The predicted octanol–water partition coefficient (Wildman–Crippen LogP) is 3.62. The lowest BCUT2D eigenvalue weighted by Crippen LogP contribution is -2.40. The zero-order chi connectivity index (χ0) is 22.7. The molecule has 32 heavy (non-hydrogen) atoms. The van der Waals surface area contributed by atoms with Gasteiger partial charge in [-0.25, -0.2) is 4.98 Å². The maximum absolute atomic E-state index is 13.4. The van der Waals surface area contributed by atoms with Gasteiger partial charge in [-0.15, -0.1) is 0 Å². The van der Waals surface area contributed by atoms with Crippen LogP contribution in [0.5, 0.6) is 0 Å². The second kappa shape index (κ2) is 9.49. The van der Waals surface area contributed by atoms with Crippen LogP contribution in [0.25, 0.3) is 0 Å². The van der Waals surface area contributed by atoms with E-state index in [1.807, 2.05) is 57.2 Å². The second-order valence-electron chi connectivity index (χ2n) is 8.51. The summed E-state index contributed by atoms with van der Waals surface area (Å²) in [5, 5.41) is 2.96. The molecule has 3 aromatic rings. The van der Waals surface area contributed by atoms with E-state index >= 15 is 0 Å². The van der Waals surface area contributed by atoms with E-state index in [0.717, 1.165) is 42.0 Å². The largest absolute Gasteiger partial charge is 0.324 e. The minimum atomic E-state index is -0.214. The SMILES string of the molecule is CCc1nc2c(c(=O)n1CC(=O)Nc1cc(C)ccc1C)CN(Cc1ccccc1)CC2. The average Bonchev–Trinajstić information content (AvgIpc) is 2.79. The Bertz CT molecular complexity index is 1180. The zero-order valence-corrected chi connectivity index (χ0v) is 19.0. The van der Waals surface area contributed by atoms with E-state index in [-0.39, 0.29) is 18.0 Å². The lowest BCUT2D eigenvalue weighted by Gasteiger charge is -2.28. The highest BCUT2D eigenvalue weighted by Gasteiger charge is 2.24. The first-order valence-electron chi connectivity index (χ1n) is 11.2. The number of amides is 1. The summed E-state index contributed by atoms with van der Waals surface area (Å²) in [6.45, 7) is 8.10. The van der Waals surface area contributed by atoms with Crippen LogP contribution in [-0.4, -0.2) is 26.9 Å². The Morgan fingerprint density at radius 1 is 1.12 bits per heavy atom. The van der Waals surface area contributed by atoms with Crippen LogP contribution in [0.2, 0.25) is 0 Å². The molecule has 0 bridgehead atoms. The number of carbonyl (C=O) groups is 1. The van der Waals surface area contributed by atoms with Crippen LogP contribution in [0.15, 0.2) is 53.3 Å². The van der Waals surface area contributed by atoms with Gasteiger partial charge in [0.05, 0.1) is 11.3 Å². The molecule has 1 N–H and O–H groups in total. The third kappa shape index (κ3) is 4.81. The molecule has 0 atom stereocenters. The van der Waals surface area contributed by atoms with E-state index in [1.165, 1.54) is 5.56 Å². The molecule has 1 aromatic heterocycles. The molecule has 0 spiro atoms. The molecule has 4 rings (SSSR count). The fourth-order valence-corrected chi connectivity index (χ4v) is 4.23. The van der Waals surface area contributed by atoms with Crippen molar-refractivity contribution in [1.29, 1.82) is 0 Å². The Morgan fingerprint density at radius 3 is 2.66 bits per heavy atom. The highest BCUT2D eigenvalue weighted by Crippen LogP contribution is 2.19. The summed E-state index contributed by atoms with van der Waals surface area (Å²) in [4.78, 5) is 33.3. The molecule has 2 aromatic carbocycles. The summed E-state index contributed by atoms with van der Waals surface area (Å²) in [6.07, 6.45) is 1.35. The number of carbonyl (C=O) groups excluding carboxylic acids is 1. The van der Waals surface area contributed by atoms with Crippen LogP contribution in [0, 0.1) is 13.8 Å². The van der Waals surface area contributed by atoms with Crippen LogP contribution in [0.1, 0.15) is 40.7 Å². The van der Waals surface area contributed by atoms with Gasteiger partial charge in [-0.05, 0) is 36.6 Å². The van der Waals surface area contributed by atoms with Crippen molar-refractivity contribution >= 4 is 11.6 Å². The summed E-state index contributed by atoms with van der Waals surface area (Å²) in [5.41, 5.74) is 5.56. The van der Waals surface area contributed by atoms with Crippen LogP contribution in [0.4, 0.5) is 5.69 Å². The average molecular weight is 431 g/mol. The van der Waals surface area contributed by atoms with E-state index < -0.39 is 0 Å². The van der Waals surface area contributed by atoms with Crippen molar-refractivity contribution < 1.29 is 4.79 Å². The molecule has 0 fully saturated rings. The van der Waals surface area contributed by atoms with Crippen LogP contribution < -0.4 is 10.9 Å². The molecular formula is C26H30N4O2. The molecular weight excluding hydrogens is 400 g/mol. The molecule has 2 heterocycles. The van der Waals surface area contributed by atoms with Crippen molar-refractivity contribution in [2.75, 3.05) is 11.9 Å². The Hall–Kier alpha value is -3.25. The topological polar surface area (TPSA) is 67.2 Å². The van der Waals surface area contributed by atoms with Crippen molar-refractivity contribution in [2.24, 2.45) is 0 Å². The monoisotopic (exact) mass is 430 g/mol. The van der Waals surface area contributed by atoms with Crippen molar-refractivity contribution in [2.45, 2.75) is 53.2 Å². The minimum absolute atomic E-state index is 0.0334. The molecule has 0 unspecified atom stereocenters. The van der Waals surface area contributed by atoms with Crippen molar-refractivity contribution in [3.05, 3.63) is 92.7 Å². The number of benzene rings is 2. The molecule has 0 radical (unpaired) electrons. The lowest BCUT2D eigenvalue weighted by atomic mass is 10.1. The number of hydrogen-bond donors (Lipinski definition) is 1. The molecule has 166 valence electrons. The van der Waals surface area contributed by atoms with E-state index in [9.17, 15) is 9.59 Å². The fourth-order valence-electron chi connectivity index (χ4n) is 4.23. The molecule has 1 amide bonds. The van der Waals surface area contributed by atoms with Crippen molar-refractivity contribution in [3.63, 3.8) is 0 Å². The number of hydrogen-bond acceptors (Lipinski definition) is 4. The van der Waals surface area contributed by atoms with E-state index in [2.05, 4.69) is 22.3 Å². The Labute approximate surface area is 188 Å². The molecule has 0 aliphatic carbocycles. The zero-order valence-electron chi connectivity index (χ0n) is 19.0. The Morgan fingerprint density at radius 2 is 1.91 bits per heavy atom. The van der Waals surface area contributed by atoms with Gasteiger partial charge >= 0.3 is 0 Å². The number of nitrogens with zero attached hydrogens (tertiary/aromatic N) is 3. The van der Waals surface area contributed by atoms with Gasteiger partial charge < -0.3 is 5.32 Å². The van der Waals surface area contributed by atoms with Gasteiger partial charge in [-0.1, -0.05) is 49.4 Å². The quantitative estimate of drug-likeness (QED) is 0.649. The maximum atomic E-state index is 13.4. The number of rotatable bonds is 6. The molecule has 6 nitrogen and oxygen atoms in total. The lowest BCUT2D eigenvalue weighted by molar-refractivity contribution is -0.116. The molecule has 6 heteroatoms. The summed E-state index contributed by atoms with van der Waals surface area (Å²) in [7, 11) is 0.